The number of aromatic nitrogens is 13. The van der Waals surface area contributed by atoms with Crippen molar-refractivity contribution in [2.45, 2.75) is 55.4 Å². The van der Waals surface area contributed by atoms with Gasteiger partial charge in [-0.05, 0) is 192 Å². The minimum Gasteiger partial charge on any atom is -0.666 e. The molecule has 1 aromatic carbocycles. The summed E-state index contributed by atoms with van der Waals surface area (Å²) in [6, 6.07) is 69.8. The van der Waals surface area contributed by atoms with E-state index < -0.39 is 0 Å². The number of nitriles is 1. The molecule has 27 heteroatoms. The van der Waals surface area contributed by atoms with Crippen LogP contribution in [0.3, 0.4) is 0 Å². The molecule has 25 heterocycles. The third-order valence-corrected chi connectivity index (χ3v) is 24.8. The fourth-order valence-electron chi connectivity index (χ4n) is 17.6. The van der Waals surface area contributed by atoms with Crippen LogP contribution in [-0.2, 0) is 105 Å². The van der Waals surface area contributed by atoms with Crippen LogP contribution < -0.4 is 25.7 Å². The second kappa shape index (κ2) is 45.9. The second-order valence-corrected chi connectivity index (χ2v) is 35.4. The maximum Gasteiger partial charge on any atom is 2.00 e. The molecule has 0 saturated carbocycles. The van der Waals surface area contributed by atoms with Crippen LogP contribution in [0.1, 0.15) is 141 Å². The van der Waals surface area contributed by atoms with E-state index in [0.717, 1.165) is 213 Å². The largest absolute Gasteiger partial charge is 2.00 e. The van der Waals surface area contributed by atoms with Gasteiger partial charge in [-0.1, -0.05) is 283 Å². The third-order valence-electron chi connectivity index (χ3n) is 24.8. The van der Waals surface area contributed by atoms with Crippen LogP contribution in [0.2, 0.25) is 0 Å². The van der Waals surface area contributed by atoms with E-state index in [0.29, 0.717) is 56.8 Å². The quantitative estimate of drug-likeness (QED) is 0.128. The molecule has 14 aliphatic rings. The fraction of sp³-hybridized carbons (Fsp3) is 0.0656. The van der Waals surface area contributed by atoms with E-state index in [9.17, 15) is 5.26 Å². The van der Waals surface area contributed by atoms with Gasteiger partial charge in [0, 0.05) is 39.7 Å². The first-order valence-electron chi connectivity index (χ1n) is 46.9. The van der Waals surface area contributed by atoms with Gasteiger partial charge in [-0.25, -0.2) is 24.8 Å². The Morgan fingerprint density at radius 1 is 0.309 bits per heavy atom. The number of benzene rings is 1. The number of aryl methyl sites for hydroxylation is 4. The second-order valence-electron chi connectivity index (χ2n) is 35.4. The van der Waals surface area contributed by atoms with Crippen molar-refractivity contribution in [2.24, 2.45) is 0 Å². The third kappa shape index (κ3) is 23.6. The number of nitrogens with zero attached hydrogens (tertiary/aromatic N) is 22. The first-order valence-corrected chi connectivity index (χ1v) is 46.9. The van der Waals surface area contributed by atoms with Crippen LogP contribution in [0.25, 0.3) is 202 Å². The summed E-state index contributed by atoms with van der Waals surface area (Å²) in [7, 11) is 0. The Morgan fingerprint density at radius 2 is 0.765 bits per heavy atom. The van der Waals surface area contributed by atoms with E-state index in [4.69, 9.17) is 88.0 Å². The number of hydrogen-bond donors (Lipinski definition) is 0. The van der Waals surface area contributed by atoms with E-state index in [-0.39, 0.29) is 105 Å². The molecule has 0 radical (unpaired) electrons. The molecule has 149 heavy (non-hydrogen) atoms. The van der Waals surface area contributed by atoms with Crippen molar-refractivity contribution in [3.63, 3.8) is 0 Å². The molecule has 0 unspecified atom stereocenters. The van der Waals surface area contributed by atoms with Crippen LogP contribution in [0.4, 0.5) is 11.4 Å². The van der Waals surface area contributed by atoms with Crippen LogP contribution in [0, 0.1) is 45.6 Å². The van der Waals surface area contributed by atoms with Crippen LogP contribution in [0.5, 0.6) is 0 Å². The van der Waals surface area contributed by atoms with Crippen molar-refractivity contribution in [1.82, 2.24) is 64.8 Å². The van der Waals surface area contributed by atoms with Gasteiger partial charge < -0.3 is 52.2 Å². The molecule has 14 aliphatic heterocycles. The molecule has 0 fully saturated rings. The number of pyridine rings is 9. The van der Waals surface area contributed by atoms with Gasteiger partial charge in [0.1, 0.15) is 6.07 Å². The molecule has 0 spiro atoms. The summed E-state index contributed by atoms with van der Waals surface area (Å²) >= 11 is 0. The summed E-state index contributed by atoms with van der Waals surface area (Å²) in [5.74, 6) is 0. The van der Waals surface area contributed by atoms with Crippen molar-refractivity contribution in [3.05, 3.63) is 534 Å². The van der Waals surface area contributed by atoms with Gasteiger partial charge in [-0.3, -0.25) is 29.9 Å². The van der Waals surface area contributed by atoms with E-state index >= 15 is 0 Å². The van der Waals surface area contributed by atoms with Crippen LogP contribution in [-0.4, -0.2) is 49.8 Å². The average Bonchev–Trinajstić information content (AvgIpc) is 1.30. The van der Waals surface area contributed by atoms with Gasteiger partial charge >= 0.3 is 105 Å². The summed E-state index contributed by atoms with van der Waals surface area (Å²) in [5.41, 5.74) is 40.7. The summed E-state index contributed by atoms with van der Waals surface area (Å²) in [6.07, 6.45) is 51.0. The van der Waals surface area contributed by atoms with E-state index in [1.54, 1.807) is 24.3 Å². The topological polar surface area (TPSA) is 298 Å². The fourth-order valence-corrected chi connectivity index (χ4v) is 17.6. The average molecular weight is 2830 g/mol. The smallest absolute Gasteiger partial charge is 0.666 e. The number of allylic oxidation sites excluding steroid dienone is 23. The molecule has 0 aliphatic carbocycles. The van der Waals surface area contributed by atoms with Gasteiger partial charge in [0.25, 0.3) is 0 Å². The molecule has 0 atom stereocenters. The summed E-state index contributed by atoms with van der Waals surface area (Å²) in [5, 5.41) is 47.1. The molecule has 12 aromatic rings. The van der Waals surface area contributed by atoms with Crippen LogP contribution >= 0.6 is 0 Å². The standard InChI is InChI=1S/2C26H22N4.C24H12N6.C24H14N4.C22H14N4.5Pt/c1-15-5-19-13-20-6-17(3)11-25(29-20)26-12-18(4)8-22(30-26)14-21-7-16(2)10-24(28-21)23(9-15)27-19;1-15-17(3)25-14-26-18(4)16(2)24(30-26)13-22-10-6-8-20(28-22)11-19-7-5-9-21(27-19)12-23(15)29-25;1-26-24-22-12-4-10-20(29-22)18-8-2-6-16(27-18)15(14-25)17-7-3-9-19(28-17)21-11-5-13-23(24)30-21;1-3-17-13-19-11-9-15-7-8-16-10-12-20(28-24(16)23(15)27-19)14-18-4-2-6-22(26-18)21(5-1)25-17;1-5-15-13-16-6-3-11-21(25-16)22-12-4-8-18(26-22)14-17-7-2-10-20(24-17)19(9-1)23-15;;;;;/h2*5-14H,1-4H3;2-13H;1-14H;1-14H;;;;;/q5*-2;5*+2. The summed E-state index contributed by atoms with van der Waals surface area (Å²) < 4.78 is 0. The van der Waals surface area contributed by atoms with Crippen molar-refractivity contribution in [2.75, 3.05) is 0 Å². The molecule has 40 bridgehead atoms. The van der Waals surface area contributed by atoms with E-state index in [1.807, 2.05) is 261 Å². The number of hydrogen-bond acceptors (Lipinski definition) is 11. The minimum atomic E-state index is 0. The summed E-state index contributed by atoms with van der Waals surface area (Å²) in [4.78, 5) is 66.0. The van der Waals surface area contributed by atoms with Gasteiger partial charge in [-0.2, -0.15) is 5.26 Å². The van der Waals surface area contributed by atoms with Gasteiger partial charge in [0.05, 0.1) is 85.3 Å². The Labute approximate surface area is 933 Å². The molecule has 0 amide bonds. The zero-order valence-electron chi connectivity index (χ0n) is 81.1. The molecule has 0 saturated heterocycles. The Balaban J connectivity index is 0.000000126. The van der Waals surface area contributed by atoms with Crippen LogP contribution in [0.15, 0.2) is 361 Å². The number of rotatable bonds is 0. The molecular weight excluding hydrogens is 2750 g/mol. The molecule has 22 nitrogen and oxygen atoms in total. The Bertz CT molecular complexity index is 8820. The molecule has 732 valence electrons. The van der Waals surface area contributed by atoms with Crippen molar-refractivity contribution < 1.29 is 105 Å². The zero-order valence-corrected chi connectivity index (χ0v) is 92.4. The zero-order chi connectivity index (χ0) is 98.0. The Kier molecular flexibility index (Phi) is 32.1. The van der Waals surface area contributed by atoms with Gasteiger partial charge in [0.15, 0.2) is 5.70 Å². The molecular formula is C122H84N22Pt5. The maximum atomic E-state index is 9.84. The monoisotopic (exact) mass is 2830 g/mol. The summed E-state index contributed by atoms with van der Waals surface area (Å²) in [6.45, 7) is 24.5. The first-order chi connectivity index (χ1) is 70.3. The van der Waals surface area contributed by atoms with Gasteiger partial charge in [-0.15, -0.1) is 113 Å². The van der Waals surface area contributed by atoms with E-state index in [1.165, 1.54) is 22.3 Å². The van der Waals surface area contributed by atoms with Gasteiger partial charge in [0.2, 0.25) is 0 Å². The molecule has 0 N–H and O–H groups in total. The Hall–Kier alpha value is -16.1. The minimum absolute atomic E-state index is 0. The maximum absolute atomic E-state index is 9.84. The first kappa shape index (κ1) is 104. The predicted molar refractivity (Wildman–Crippen MR) is 584 cm³/mol. The van der Waals surface area contributed by atoms with Crippen molar-refractivity contribution in [1.29, 1.82) is 5.26 Å². The number of fused-ring (bicyclic) bond motifs is 45. The predicted octanol–water partition coefficient (Wildman–Crippen LogP) is 28.1. The normalized spacial score (nSPS) is 14.8. The molecule has 26 rings (SSSR count). The SMILES string of the molecule is C1=CC2=Cc3cccc(n3)C3=CC=CC(=Cc4cccc(n4)C(=C1)[N-]2)[N-]3.C1=Cc2cc3ccc4ccc5ccc(cc6cccc(n6)c([n-]2)=C1)[N-]c5c4n3.CC1=C(C)c2cc3[n-]c(cc4cccc(cc5[n-]c(cc1n2)=CC=C5)n4)c(C)c3C.CC1=CC2=Cc3cc(C)cc(n3)C3=CC(C)=CC(=Cc4cc(C)cc(n4)C(=C1)[N-]2)[N-]3.[C-]#[N+]C1=C2C=CC=C([N-]2)c2cccc(n2)C(C#N)=C2C=CC=C([N-]2)c2cccc1n2.[Pt+2].[Pt+2].[Pt+2].[Pt+2].[Pt+2]. The van der Waals surface area contributed by atoms with Crippen molar-refractivity contribution in [3.8, 4) is 6.07 Å². The van der Waals surface area contributed by atoms with E-state index in [2.05, 4.69) is 166 Å². The Morgan fingerprint density at radius 3 is 1.38 bits per heavy atom. The van der Waals surface area contributed by atoms with Crippen molar-refractivity contribution >= 4 is 171 Å². The molecule has 11 aromatic heterocycles.